The van der Waals surface area contributed by atoms with E-state index in [1.807, 2.05) is 36.6 Å². The number of benzene rings is 1. The summed E-state index contributed by atoms with van der Waals surface area (Å²) in [6, 6.07) is 11.0. The van der Waals surface area contributed by atoms with Crippen molar-refractivity contribution in [3.8, 4) is 0 Å². The van der Waals surface area contributed by atoms with Gasteiger partial charge in [-0.2, -0.15) is 4.31 Å². The summed E-state index contributed by atoms with van der Waals surface area (Å²) >= 11 is 1.58. The highest BCUT2D eigenvalue weighted by Gasteiger charge is 2.29. The Labute approximate surface area is 141 Å². The molecule has 0 spiro atoms. The van der Waals surface area contributed by atoms with Gasteiger partial charge in [0.15, 0.2) is 0 Å². The van der Waals surface area contributed by atoms with Crippen LogP contribution in [0.2, 0.25) is 0 Å². The monoisotopic (exact) mass is 351 g/mol. The zero-order valence-electron chi connectivity index (χ0n) is 13.1. The van der Waals surface area contributed by atoms with Crippen molar-refractivity contribution in [1.82, 2.24) is 4.31 Å². The van der Waals surface area contributed by atoms with Gasteiger partial charge in [-0.1, -0.05) is 23.8 Å². The van der Waals surface area contributed by atoms with Crippen LogP contribution < -0.4 is 0 Å². The maximum Gasteiger partial charge on any atom is 0.243 e. The van der Waals surface area contributed by atoms with E-state index in [0.29, 0.717) is 18.0 Å². The fraction of sp³-hybridized carbons (Fsp3) is 0.412. The quantitative estimate of drug-likeness (QED) is 0.801. The minimum absolute atomic E-state index is 0.00446. The number of aryl methyl sites for hydroxylation is 1. The Morgan fingerprint density at radius 3 is 2.65 bits per heavy atom. The summed E-state index contributed by atoms with van der Waals surface area (Å²) in [6.45, 7) is 3.48. The highest BCUT2D eigenvalue weighted by atomic mass is 32.2. The summed E-state index contributed by atoms with van der Waals surface area (Å²) in [6.07, 6.45) is 1.92. The third kappa shape index (κ3) is 4.01. The molecule has 2 heterocycles. The molecule has 2 aromatic rings. The first-order valence-electron chi connectivity index (χ1n) is 7.76. The number of hydrogen-bond acceptors (Lipinski definition) is 4. The molecule has 0 saturated carbocycles. The molecular formula is C17H21NO3S2. The Balaban J connectivity index is 1.87. The molecular weight excluding hydrogens is 330 g/mol. The highest BCUT2D eigenvalue weighted by Crippen LogP contribution is 2.23. The van der Waals surface area contributed by atoms with E-state index in [0.717, 1.165) is 29.9 Å². The fourth-order valence-electron chi connectivity index (χ4n) is 2.70. The van der Waals surface area contributed by atoms with E-state index in [2.05, 4.69) is 0 Å². The second kappa shape index (κ2) is 7.13. The summed E-state index contributed by atoms with van der Waals surface area (Å²) in [7, 11) is -3.52. The van der Waals surface area contributed by atoms with Crippen LogP contribution in [-0.4, -0.2) is 32.0 Å². The van der Waals surface area contributed by atoms with E-state index in [1.54, 1.807) is 27.8 Å². The molecule has 0 N–H and O–H groups in total. The van der Waals surface area contributed by atoms with E-state index in [4.69, 9.17) is 4.74 Å². The summed E-state index contributed by atoms with van der Waals surface area (Å²) < 4.78 is 33.3. The molecule has 0 radical (unpaired) electrons. The number of ether oxygens (including phenoxy) is 1. The van der Waals surface area contributed by atoms with E-state index < -0.39 is 10.0 Å². The minimum atomic E-state index is -3.52. The zero-order chi connectivity index (χ0) is 16.3. The maximum absolute atomic E-state index is 13.0. The van der Waals surface area contributed by atoms with Crippen LogP contribution in [0, 0.1) is 6.92 Å². The number of sulfonamides is 1. The van der Waals surface area contributed by atoms with Crippen LogP contribution in [0.1, 0.15) is 23.3 Å². The molecule has 1 saturated heterocycles. The van der Waals surface area contributed by atoms with E-state index in [1.165, 1.54) is 0 Å². The van der Waals surface area contributed by atoms with Crippen LogP contribution >= 0.6 is 11.3 Å². The van der Waals surface area contributed by atoms with Crippen molar-refractivity contribution in [2.75, 3.05) is 13.2 Å². The average Bonchev–Trinajstić information content (AvgIpc) is 3.20. The van der Waals surface area contributed by atoms with Crippen LogP contribution in [0.4, 0.5) is 0 Å². The first-order chi connectivity index (χ1) is 11.1. The van der Waals surface area contributed by atoms with Gasteiger partial charge in [-0.05, 0) is 43.3 Å². The van der Waals surface area contributed by atoms with Gasteiger partial charge in [0.05, 0.1) is 11.0 Å². The summed E-state index contributed by atoms with van der Waals surface area (Å²) in [5, 5.41) is 1.97. The largest absolute Gasteiger partial charge is 0.377 e. The lowest BCUT2D eigenvalue weighted by Crippen LogP contribution is -2.36. The van der Waals surface area contributed by atoms with Crippen LogP contribution in [0.5, 0.6) is 0 Å². The number of rotatable bonds is 6. The minimum Gasteiger partial charge on any atom is -0.377 e. The van der Waals surface area contributed by atoms with Crippen molar-refractivity contribution in [2.24, 2.45) is 0 Å². The molecule has 1 aliphatic rings. The molecule has 0 amide bonds. The lowest BCUT2D eigenvalue weighted by atomic mass is 10.2. The van der Waals surface area contributed by atoms with Gasteiger partial charge in [0.2, 0.25) is 10.0 Å². The zero-order valence-corrected chi connectivity index (χ0v) is 14.8. The Morgan fingerprint density at radius 2 is 2.04 bits per heavy atom. The van der Waals surface area contributed by atoms with Crippen molar-refractivity contribution in [3.05, 3.63) is 52.2 Å². The standard InChI is InChI=1S/C17H21NO3S2/c1-14-6-8-17(9-7-14)23(19,20)18(12-15-4-2-10-21-15)13-16-5-3-11-22-16/h3,5-9,11,15H,2,4,10,12-13H2,1H3/t15-/m0/s1. The molecule has 23 heavy (non-hydrogen) atoms. The lowest BCUT2D eigenvalue weighted by Gasteiger charge is -2.24. The van der Waals surface area contributed by atoms with Crippen LogP contribution in [0.15, 0.2) is 46.7 Å². The molecule has 1 atom stereocenters. The second-order valence-corrected chi connectivity index (χ2v) is 8.80. The Bertz CT molecular complexity index is 718. The Kier molecular flexibility index (Phi) is 5.16. The molecule has 4 nitrogen and oxygen atoms in total. The first-order valence-corrected chi connectivity index (χ1v) is 10.1. The predicted octanol–water partition coefficient (Wildman–Crippen LogP) is 3.43. The maximum atomic E-state index is 13.0. The van der Waals surface area contributed by atoms with Gasteiger partial charge >= 0.3 is 0 Å². The molecule has 6 heteroatoms. The third-order valence-corrected chi connectivity index (χ3v) is 6.69. The normalized spacial score (nSPS) is 18.6. The Hall–Kier alpha value is -1.21. The van der Waals surface area contributed by atoms with Crippen LogP contribution in [-0.2, 0) is 21.3 Å². The van der Waals surface area contributed by atoms with Crippen molar-refractivity contribution in [2.45, 2.75) is 37.3 Å². The molecule has 1 aromatic heterocycles. The van der Waals surface area contributed by atoms with Gasteiger partial charge in [0.1, 0.15) is 0 Å². The van der Waals surface area contributed by atoms with Gasteiger partial charge in [-0.25, -0.2) is 8.42 Å². The van der Waals surface area contributed by atoms with Crippen molar-refractivity contribution >= 4 is 21.4 Å². The molecule has 1 aromatic carbocycles. The highest BCUT2D eigenvalue weighted by molar-refractivity contribution is 7.89. The average molecular weight is 351 g/mol. The predicted molar refractivity (Wildman–Crippen MR) is 92.1 cm³/mol. The molecule has 124 valence electrons. The third-order valence-electron chi connectivity index (χ3n) is 4.00. The fourth-order valence-corrected chi connectivity index (χ4v) is 4.95. The molecule has 3 rings (SSSR count). The Morgan fingerprint density at radius 1 is 1.26 bits per heavy atom. The van der Waals surface area contributed by atoms with Gasteiger partial charge < -0.3 is 4.74 Å². The van der Waals surface area contributed by atoms with Crippen molar-refractivity contribution in [3.63, 3.8) is 0 Å². The van der Waals surface area contributed by atoms with Crippen LogP contribution in [0.25, 0.3) is 0 Å². The SMILES string of the molecule is Cc1ccc(S(=O)(=O)N(Cc2cccs2)C[C@@H]2CCCO2)cc1. The first kappa shape index (κ1) is 16.6. The number of nitrogens with zero attached hydrogens (tertiary/aromatic N) is 1. The van der Waals surface area contributed by atoms with Crippen LogP contribution in [0.3, 0.4) is 0 Å². The molecule has 1 aliphatic heterocycles. The summed E-state index contributed by atoms with van der Waals surface area (Å²) in [4.78, 5) is 1.39. The molecule has 0 unspecified atom stereocenters. The molecule has 1 fully saturated rings. The molecule has 0 aliphatic carbocycles. The topological polar surface area (TPSA) is 46.6 Å². The van der Waals surface area contributed by atoms with Crippen molar-refractivity contribution < 1.29 is 13.2 Å². The second-order valence-electron chi connectivity index (χ2n) is 5.83. The number of thiophene rings is 1. The van der Waals surface area contributed by atoms with Gasteiger partial charge in [-0.3, -0.25) is 0 Å². The summed E-state index contributed by atoms with van der Waals surface area (Å²) in [5.74, 6) is 0. The van der Waals surface area contributed by atoms with Crippen molar-refractivity contribution in [1.29, 1.82) is 0 Å². The smallest absolute Gasteiger partial charge is 0.243 e. The van der Waals surface area contributed by atoms with Gasteiger partial charge in [0.25, 0.3) is 0 Å². The van der Waals surface area contributed by atoms with E-state index in [9.17, 15) is 8.42 Å². The lowest BCUT2D eigenvalue weighted by molar-refractivity contribution is 0.0927. The van der Waals surface area contributed by atoms with E-state index >= 15 is 0 Å². The van der Waals surface area contributed by atoms with E-state index in [-0.39, 0.29) is 6.10 Å². The number of hydrogen-bond donors (Lipinski definition) is 0. The summed E-state index contributed by atoms with van der Waals surface area (Å²) in [5.41, 5.74) is 1.05. The van der Waals surface area contributed by atoms with Gasteiger partial charge in [-0.15, -0.1) is 11.3 Å². The van der Waals surface area contributed by atoms with Gasteiger partial charge in [0, 0.05) is 24.6 Å². The molecule has 0 bridgehead atoms.